The van der Waals surface area contributed by atoms with Gasteiger partial charge in [0.25, 0.3) is 0 Å². The van der Waals surface area contributed by atoms with Crippen LogP contribution in [0.4, 0.5) is 5.69 Å². The molecule has 0 saturated heterocycles. The topological polar surface area (TPSA) is 29.1 Å². The maximum atomic E-state index is 11.5. The molecule has 0 aliphatic heterocycles. The van der Waals surface area contributed by atoms with Crippen LogP contribution in [0, 0.1) is 6.92 Å². The van der Waals surface area contributed by atoms with Crippen molar-refractivity contribution in [2.45, 2.75) is 17.8 Å². The van der Waals surface area contributed by atoms with Crippen LogP contribution in [-0.4, -0.2) is 14.8 Å². The summed E-state index contributed by atoms with van der Waals surface area (Å²) in [6.45, 7) is 4.02. The number of benzene rings is 1. The molecule has 0 aliphatic carbocycles. The van der Waals surface area contributed by atoms with Crippen LogP contribution in [0.25, 0.3) is 0 Å². The Morgan fingerprint density at radius 1 is 1.36 bits per heavy atom. The number of carbonyl (C=O) groups excluding carboxylic acids is 1. The number of hydrogen-bond acceptors (Lipinski definition) is 1. The van der Waals surface area contributed by atoms with E-state index in [1.807, 2.05) is 38.1 Å². The zero-order chi connectivity index (χ0) is 10.6. The van der Waals surface area contributed by atoms with E-state index >= 15 is 0 Å². The summed E-state index contributed by atoms with van der Waals surface area (Å²) in [5.41, 5.74) is 2.10. The van der Waals surface area contributed by atoms with Crippen molar-refractivity contribution in [1.82, 2.24) is 0 Å². The molecule has 1 unspecified atom stereocenters. The minimum absolute atomic E-state index is 0.0124. The van der Waals surface area contributed by atoms with E-state index < -0.39 is 0 Å². The number of rotatable bonds is 3. The van der Waals surface area contributed by atoms with Crippen molar-refractivity contribution in [2.24, 2.45) is 0 Å². The summed E-state index contributed by atoms with van der Waals surface area (Å²) in [4.78, 5) is 13.7. The number of carbonyl (C=O) groups is 1. The van der Waals surface area contributed by atoms with Crippen molar-refractivity contribution >= 4 is 11.6 Å². The molecule has 3 heteroatoms. The predicted octanol–water partition coefficient (Wildman–Crippen LogP) is -0.959. The fraction of sp³-hybridized carbons (Fsp3) is 0.364. The second kappa shape index (κ2) is 5.34. The van der Waals surface area contributed by atoms with Crippen molar-refractivity contribution in [3.63, 3.8) is 0 Å². The first kappa shape index (κ1) is 11.5. The first-order valence-electron chi connectivity index (χ1n) is 4.49. The molecule has 0 bridgehead atoms. The van der Waals surface area contributed by atoms with E-state index in [0.717, 1.165) is 5.69 Å². The Hall–Kier alpha value is -0.580. The molecule has 1 N–H and O–H groups in total. The number of hydrogen-bond donors (Lipinski definition) is 1. The summed E-state index contributed by atoms with van der Waals surface area (Å²) < 4.78 is 0.190. The van der Waals surface area contributed by atoms with Crippen LogP contribution in [-0.2, 0) is 4.79 Å². The molecule has 1 rings (SSSR count). The number of alkyl halides is 2. The molecule has 1 aromatic rings. The van der Waals surface area contributed by atoms with Gasteiger partial charge in [-0.25, -0.2) is 0 Å². The average molecular weight is 304 g/mol. The van der Waals surface area contributed by atoms with Crippen LogP contribution in [0.5, 0.6) is 0 Å². The third-order valence-electron chi connectivity index (χ3n) is 2.01. The number of aryl methyl sites for hydroxylation is 1. The molecule has 0 fully saturated rings. The molecule has 1 atom stereocenters. The third-order valence-corrected chi connectivity index (χ3v) is 4.44. The Balaban J connectivity index is 2.60. The van der Waals surface area contributed by atoms with Crippen molar-refractivity contribution in [3.05, 3.63) is 29.8 Å². The summed E-state index contributed by atoms with van der Waals surface area (Å²) in [6.07, 6.45) is 0. The Labute approximate surface area is 95.4 Å². The Bertz CT molecular complexity index is 308. The molecule has 1 aromatic carbocycles. The normalized spacial score (nSPS) is 12.5. The molecular formula is C11H15INO-. The first-order valence-corrected chi connectivity index (χ1v) is 7.89. The van der Waals surface area contributed by atoms with Crippen molar-refractivity contribution in [3.8, 4) is 0 Å². The zero-order valence-corrected chi connectivity index (χ0v) is 10.8. The Kier molecular flexibility index (Phi) is 4.38. The number of nitrogens with one attached hydrogen (secondary N) is 1. The number of anilines is 1. The predicted molar refractivity (Wildman–Crippen MR) is 55.2 cm³/mol. The van der Waals surface area contributed by atoms with Crippen LogP contribution in [0.3, 0.4) is 0 Å². The van der Waals surface area contributed by atoms with Crippen molar-refractivity contribution in [2.75, 3.05) is 10.2 Å². The van der Waals surface area contributed by atoms with Crippen LogP contribution in [0.1, 0.15) is 12.5 Å². The van der Waals surface area contributed by atoms with Gasteiger partial charge in [0, 0.05) is 0 Å². The van der Waals surface area contributed by atoms with E-state index in [9.17, 15) is 4.79 Å². The molecule has 0 saturated carbocycles. The molecule has 0 spiro atoms. The molecule has 2 nitrogen and oxygen atoms in total. The quantitative estimate of drug-likeness (QED) is 0.566. The second-order valence-electron chi connectivity index (χ2n) is 3.19. The fourth-order valence-corrected chi connectivity index (χ4v) is 1.70. The monoisotopic (exact) mass is 304 g/mol. The SMILES string of the molecule is C[I-]C(C)C(=O)Nc1ccc(C)cc1. The minimum atomic E-state index is -0.0124. The van der Waals surface area contributed by atoms with E-state index in [1.165, 1.54) is 5.56 Å². The fourth-order valence-electron chi connectivity index (χ4n) is 0.978. The summed E-state index contributed by atoms with van der Waals surface area (Å²) in [5, 5.41) is 2.91. The van der Waals surface area contributed by atoms with Crippen LogP contribution in [0.2, 0.25) is 0 Å². The van der Waals surface area contributed by atoms with Gasteiger partial charge in [-0.1, -0.05) is 0 Å². The third kappa shape index (κ3) is 3.29. The molecule has 0 aliphatic rings. The van der Waals surface area contributed by atoms with Crippen LogP contribution >= 0.6 is 0 Å². The summed E-state index contributed by atoms with van der Waals surface area (Å²) in [6, 6.07) is 7.88. The van der Waals surface area contributed by atoms with Gasteiger partial charge in [0.15, 0.2) is 0 Å². The standard InChI is InChI=1S/C11H15INO/c1-8-4-6-10(7-5-8)13-11(14)9(2)12-3/h4-7,9H,1-3H3,(H,13,14)/q-1. The van der Waals surface area contributed by atoms with Gasteiger partial charge < -0.3 is 0 Å². The van der Waals surface area contributed by atoms with Gasteiger partial charge in [0.1, 0.15) is 0 Å². The zero-order valence-electron chi connectivity index (χ0n) is 8.67. The molecular weight excluding hydrogens is 289 g/mol. The molecule has 1 amide bonds. The molecule has 0 heterocycles. The van der Waals surface area contributed by atoms with Gasteiger partial charge in [0.05, 0.1) is 0 Å². The summed E-state index contributed by atoms with van der Waals surface area (Å²) in [5.74, 6) is 0.143. The summed E-state index contributed by atoms with van der Waals surface area (Å²) in [7, 11) is 0. The number of halogens is 1. The number of amides is 1. The Morgan fingerprint density at radius 2 is 1.93 bits per heavy atom. The van der Waals surface area contributed by atoms with E-state index in [-0.39, 0.29) is 31.0 Å². The second-order valence-corrected chi connectivity index (χ2v) is 6.30. The van der Waals surface area contributed by atoms with Gasteiger partial charge in [0.2, 0.25) is 0 Å². The van der Waals surface area contributed by atoms with Gasteiger partial charge >= 0.3 is 95.4 Å². The van der Waals surface area contributed by atoms with Crippen LogP contribution < -0.4 is 26.5 Å². The molecule has 0 aromatic heterocycles. The van der Waals surface area contributed by atoms with E-state index in [2.05, 4.69) is 10.2 Å². The van der Waals surface area contributed by atoms with Crippen molar-refractivity contribution < 1.29 is 26.0 Å². The average Bonchev–Trinajstić information content (AvgIpc) is 2.20. The van der Waals surface area contributed by atoms with E-state index in [0.29, 0.717) is 0 Å². The van der Waals surface area contributed by atoms with E-state index in [1.54, 1.807) is 0 Å². The molecule has 78 valence electrons. The Morgan fingerprint density at radius 3 is 2.43 bits per heavy atom. The maximum absolute atomic E-state index is 11.5. The summed E-state index contributed by atoms with van der Waals surface area (Å²) >= 11 is -0.0124. The van der Waals surface area contributed by atoms with Gasteiger partial charge in [-0.15, -0.1) is 0 Å². The first-order chi connectivity index (χ1) is 6.63. The van der Waals surface area contributed by atoms with Gasteiger partial charge in [-0.05, 0) is 0 Å². The molecule has 14 heavy (non-hydrogen) atoms. The van der Waals surface area contributed by atoms with Gasteiger partial charge in [-0.3, -0.25) is 0 Å². The van der Waals surface area contributed by atoms with Gasteiger partial charge in [-0.2, -0.15) is 0 Å². The van der Waals surface area contributed by atoms with Crippen LogP contribution in [0.15, 0.2) is 24.3 Å². The molecule has 0 radical (unpaired) electrons. The van der Waals surface area contributed by atoms with Crippen molar-refractivity contribution in [1.29, 1.82) is 0 Å². The van der Waals surface area contributed by atoms with E-state index in [4.69, 9.17) is 0 Å².